The van der Waals surface area contributed by atoms with Gasteiger partial charge in [0, 0.05) is 32.1 Å². The van der Waals surface area contributed by atoms with Crippen LogP contribution < -0.4 is 0 Å². The number of rotatable bonds is 7. The monoisotopic (exact) mass is 266 g/mol. The van der Waals surface area contributed by atoms with Crippen LogP contribution in [0.4, 0.5) is 0 Å². The number of hydrogen-bond acceptors (Lipinski definition) is 4. The van der Waals surface area contributed by atoms with Gasteiger partial charge in [-0.1, -0.05) is 25.8 Å². The van der Waals surface area contributed by atoms with Crippen LogP contribution in [0.1, 0.15) is 52.4 Å². The van der Waals surface area contributed by atoms with Gasteiger partial charge in [0.1, 0.15) is 11.9 Å². The first kappa shape index (κ1) is 15.6. The van der Waals surface area contributed by atoms with Crippen LogP contribution >= 0.6 is 0 Å². The third-order valence-electron chi connectivity index (χ3n) is 3.24. The highest BCUT2D eigenvalue weighted by Gasteiger charge is 2.33. The van der Waals surface area contributed by atoms with Crippen molar-refractivity contribution in [2.75, 3.05) is 0 Å². The highest BCUT2D eigenvalue weighted by atomic mass is 16.5. The normalized spacial score (nSPS) is 22.9. The Morgan fingerprint density at radius 1 is 1.32 bits per heavy atom. The fourth-order valence-corrected chi connectivity index (χ4v) is 2.25. The lowest BCUT2D eigenvalue weighted by Gasteiger charge is -2.14. The van der Waals surface area contributed by atoms with Gasteiger partial charge in [0.05, 0.1) is 0 Å². The van der Waals surface area contributed by atoms with E-state index in [1.165, 1.54) is 13.0 Å². The van der Waals surface area contributed by atoms with Crippen LogP contribution in [0.25, 0.3) is 0 Å². The summed E-state index contributed by atoms with van der Waals surface area (Å²) < 4.78 is 5.10. The topological polar surface area (TPSA) is 60.4 Å². The standard InChI is InChI=1S/C15H22O4/c1-3-4-5-6-13(17)8-7-12-9-14(18)10-15(12)19-11(2)16/h7-8,12,15H,3-6,9-10H2,1-2H3. The fourth-order valence-electron chi connectivity index (χ4n) is 2.25. The largest absolute Gasteiger partial charge is 0.461 e. The van der Waals surface area contributed by atoms with Crippen molar-refractivity contribution in [2.45, 2.75) is 58.5 Å². The Morgan fingerprint density at radius 2 is 2.05 bits per heavy atom. The van der Waals surface area contributed by atoms with Gasteiger partial charge in [0.2, 0.25) is 0 Å². The molecule has 0 aliphatic heterocycles. The van der Waals surface area contributed by atoms with Gasteiger partial charge in [-0.3, -0.25) is 14.4 Å². The molecule has 1 aliphatic carbocycles. The molecule has 0 aromatic heterocycles. The highest BCUT2D eigenvalue weighted by Crippen LogP contribution is 2.27. The summed E-state index contributed by atoms with van der Waals surface area (Å²) in [4.78, 5) is 33.9. The third-order valence-corrected chi connectivity index (χ3v) is 3.24. The van der Waals surface area contributed by atoms with Crippen molar-refractivity contribution in [3.05, 3.63) is 12.2 Å². The van der Waals surface area contributed by atoms with Crippen LogP contribution in [0.2, 0.25) is 0 Å². The molecule has 0 aromatic carbocycles. The van der Waals surface area contributed by atoms with Crippen molar-refractivity contribution in [3.8, 4) is 0 Å². The summed E-state index contributed by atoms with van der Waals surface area (Å²) in [5.41, 5.74) is 0. The van der Waals surface area contributed by atoms with E-state index in [-0.39, 0.29) is 29.9 Å². The lowest BCUT2D eigenvalue weighted by molar-refractivity contribution is -0.147. The number of ether oxygens (including phenoxy) is 1. The first-order chi connectivity index (χ1) is 9.02. The number of unbranched alkanes of at least 4 members (excludes halogenated alkanes) is 2. The van der Waals surface area contributed by atoms with Crippen LogP contribution in [0.15, 0.2) is 12.2 Å². The third kappa shape index (κ3) is 5.81. The molecule has 19 heavy (non-hydrogen) atoms. The molecule has 2 unspecified atom stereocenters. The quantitative estimate of drug-likeness (QED) is 0.404. The molecular weight excluding hydrogens is 244 g/mol. The van der Waals surface area contributed by atoms with Crippen LogP contribution in [-0.2, 0) is 19.1 Å². The summed E-state index contributed by atoms with van der Waals surface area (Å²) in [7, 11) is 0. The van der Waals surface area contributed by atoms with Crippen LogP contribution in [-0.4, -0.2) is 23.6 Å². The molecule has 0 N–H and O–H groups in total. The Hall–Kier alpha value is -1.45. The van der Waals surface area contributed by atoms with Crippen molar-refractivity contribution < 1.29 is 19.1 Å². The van der Waals surface area contributed by atoms with E-state index in [0.717, 1.165) is 19.3 Å². The minimum atomic E-state index is -0.398. The average molecular weight is 266 g/mol. The summed E-state index contributed by atoms with van der Waals surface area (Å²) in [6.07, 6.45) is 7.07. The second-order valence-corrected chi connectivity index (χ2v) is 5.04. The Labute approximate surface area is 114 Å². The first-order valence-corrected chi connectivity index (χ1v) is 6.93. The van der Waals surface area contributed by atoms with Gasteiger partial charge < -0.3 is 4.74 Å². The molecule has 0 spiro atoms. The number of carbonyl (C=O) groups excluding carboxylic acids is 3. The molecule has 0 saturated heterocycles. The first-order valence-electron chi connectivity index (χ1n) is 6.93. The molecule has 2 atom stereocenters. The highest BCUT2D eigenvalue weighted by molar-refractivity contribution is 5.90. The Kier molecular flexibility index (Phi) is 6.46. The van der Waals surface area contributed by atoms with Gasteiger partial charge in [-0.05, 0) is 12.5 Å². The van der Waals surface area contributed by atoms with Crippen molar-refractivity contribution >= 4 is 17.5 Å². The maximum Gasteiger partial charge on any atom is 0.302 e. The fraction of sp³-hybridized carbons (Fsp3) is 0.667. The Bertz CT molecular complexity index is 370. The van der Waals surface area contributed by atoms with Crippen LogP contribution in [0.5, 0.6) is 0 Å². The van der Waals surface area contributed by atoms with E-state index >= 15 is 0 Å². The van der Waals surface area contributed by atoms with E-state index in [2.05, 4.69) is 6.92 Å². The maximum atomic E-state index is 11.6. The molecule has 1 rings (SSSR count). The Balaban J connectivity index is 2.46. The molecule has 0 heterocycles. The number of ketones is 2. The van der Waals surface area contributed by atoms with Crippen molar-refractivity contribution in [3.63, 3.8) is 0 Å². The van der Waals surface area contributed by atoms with Crippen molar-refractivity contribution in [2.24, 2.45) is 5.92 Å². The van der Waals surface area contributed by atoms with E-state index in [4.69, 9.17) is 4.74 Å². The smallest absolute Gasteiger partial charge is 0.302 e. The van der Waals surface area contributed by atoms with Gasteiger partial charge in [0.15, 0.2) is 5.78 Å². The zero-order chi connectivity index (χ0) is 14.3. The number of esters is 1. The zero-order valence-electron chi connectivity index (χ0n) is 11.7. The second kappa shape index (κ2) is 7.87. The molecule has 0 aromatic rings. The van der Waals surface area contributed by atoms with Gasteiger partial charge in [-0.15, -0.1) is 0 Å². The molecule has 4 heteroatoms. The second-order valence-electron chi connectivity index (χ2n) is 5.04. The van der Waals surface area contributed by atoms with Gasteiger partial charge in [-0.25, -0.2) is 0 Å². The minimum Gasteiger partial charge on any atom is -0.461 e. The summed E-state index contributed by atoms with van der Waals surface area (Å²) in [6.45, 7) is 3.42. The maximum absolute atomic E-state index is 11.6. The van der Waals surface area contributed by atoms with E-state index in [1.807, 2.05) is 0 Å². The number of Topliss-reactive ketones (excluding diaryl/α,β-unsaturated/α-hetero) is 1. The van der Waals surface area contributed by atoms with E-state index < -0.39 is 6.10 Å². The zero-order valence-corrected chi connectivity index (χ0v) is 11.7. The molecule has 1 saturated carbocycles. The number of hydrogen-bond donors (Lipinski definition) is 0. The molecule has 4 nitrogen and oxygen atoms in total. The van der Waals surface area contributed by atoms with Gasteiger partial charge >= 0.3 is 5.97 Å². The summed E-state index contributed by atoms with van der Waals surface area (Å²) in [5, 5.41) is 0. The summed E-state index contributed by atoms with van der Waals surface area (Å²) in [6, 6.07) is 0. The lowest BCUT2D eigenvalue weighted by Crippen LogP contribution is -2.19. The van der Waals surface area contributed by atoms with Crippen LogP contribution in [0, 0.1) is 5.92 Å². The van der Waals surface area contributed by atoms with Gasteiger partial charge in [0.25, 0.3) is 0 Å². The number of carbonyl (C=O) groups is 3. The molecule has 0 amide bonds. The van der Waals surface area contributed by atoms with E-state index in [1.54, 1.807) is 6.08 Å². The molecule has 1 aliphatic rings. The van der Waals surface area contributed by atoms with Crippen molar-refractivity contribution in [1.82, 2.24) is 0 Å². The predicted octanol–water partition coefficient (Wildman–Crippen LogP) is 2.60. The van der Waals surface area contributed by atoms with Crippen LogP contribution in [0.3, 0.4) is 0 Å². The van der Waals surface area contributed by atoms with Gasteiger partial charge in [-0.2, -0.15) is 0 Å². The molecular formula is C15H22O4. The van der Waals surface area contributed by atoms with Crippen molar-refractivity contribution in [1.29, 1.82) is 0 Å². The summed E-state index contributed by atoms with van der Waals surface area (Å²) in [5.74, 6) is -0.368. The molecule has 0 bridgehead atoms. The Morgan fingerprint density at radius 3 is 2.68 bits per heavy atom. The average Bonchev–Trinajstić information content (AvgIpc) is 2.66. The SMILES string of the molecule is CCCCCC(=O)C=CC1CC(=O)CC1OC(C)=O. The lowest BCUT2D eigenvalue weighted by atomic mass is 10.0. The minimum absolute atomic E-state index is 0.0781. The predicted molar refractivity (Wildman–Crippen MR) is 71.6 cm³/mol. The molecule has 1 fully saturated rings. The number of allylic oxidation sites excluding steroid dienone is 1. The van der Waals surface area contributed by atoms with E-state index in [0.29, 0.717) is 12.8 Å². The molecule has 106 valence electrons. The molecule has 0 radical (unpaired) electrons. The summed E-state index contributed by atoms with van der Waals surface area (Å²) >= 11 is 0. The van der Waals surface area contributed by atoms with E-state index in [9.17, 15) is 14.4 Å².